The zero-order valence-corrected chi connectivity index (χ0v) is 15.8. The Morgan fingerprint density at radius 2 is 1.75 bits per heavy atom. The summed E-state index contributed by atoms with van der Waals surface area (Å²) in [6.07, 6.45) is 3.60. The number of hydrogen-bond donors (Lipinski definition) is 1. The fraction of sp³-hybridized carbons (Fsp3) is 0.167. The number of imidazole rings is 1. The Morgan fingerprint density at radius 3 is 2.61 bits per heavy atom. The Morgan fingerprint density at radius 1 is 0.929 bits per heavy atom. The highest BCUT2D eigenvalue weighted by molar-refractivity contribution is 5.93. The molecule has 0 saturated carbocycles. The Balaban J connectivity index is 1.29. The van der Waals surface area contributed by atoms with E-state index in [1.165, 1.54) is 33.5 Å². The van der Waals surface area contributed by atoms with E-state index in [0.717, 1.165) is 36.2 Å². The number of nitrogens with zero attached hydrogens (tertiary/aromatic N) is 2. The summed E-state index contributed by atoms with van der Waals surface area (Å²) in [4.78, 5) is 12.3. The van der Waals surface area contributed by atoms with E-state index in [2.05, 4.69) is 58.5 Å². The largest absolute Gasteiger partial charge is 0.497 e. The van der Waals surface area contributed by atoms with Crippen molar-refractivity contribution in [3.63, 3.8) is 0 Å². The van der Waals surface area contributed by atoms with Crippen molar-refractivity contribution in [1.29, 1.82) is 0 Å². The number of H-pyrrole nitrogens is 1. The van der Waals surface area contributed by atoms with Gasteiger partial charge in [0.15, 0.2) is 0 Å². The lowest BCUT2D eigenvalue weighted by molar-refractivity contribution is 0.414. The molecule has 4 aromatic rings. The van der Waals surface area contributed by atoms with Crippen molar-refractivity contribution >= 4 is 16.7 Å². The third-order valence-corrected chi connectivity index (χ3v) is 5.40. The third kappa shape index (κ3) is 3.18. The van der Waals surface area contributed by atoms with Gasteiger partial charge in [-0.25, -0.2) is 4.98 Å². The summed E-state index contributed by atoms with van der Waals surface area (Å²) in [7, 11) is 1.71. The van der Waals surface area contributed by atoms with Crippen molar-refractivity contribution in [2.75, 3.05) is 7.11 Å². The first-order valence-corrected chi connectivity index (χ1v) is 9.49. The highest BCUT2D eigenvalue weighted by Gasteiger charge is 2.17. The van der Waals surface area contributed by atoms with Crippen molar-refractivity contribution < 1.29 is 4.74 Å². The quantitative estimate of drug-likeness (QED) is 0.553. The maximum atomic E-state index is 5.33. The Bertz CT molecular complexity index is 1170. The minimum Gasteiger partial charge on any atom is -0.497 e. The van der Waals surface area contributed by atoms with Gasteiger partial charge in [-0.05, 0) is 52.1 Å². The molecule has 0 spiro atoms. The number of nitrogens with one attached hydrogen (secondary N) is 1. The second-order valence-corrected chi connectivity index (χ2v) is 7.20. The summed E-state index contributed by atoms with van der Waals surface area (Å²) in [5.41, 5.74) is 9.62. The summed E-state index contributed by atoms with van der Waals surface area (Å²) >= 11 is 0. The lowest BCUT2D eigenvalue weighted by atomic mass is 10.0. The van der Waals surface area contributed by atoms with E-state index < -0.39 is 0 Å². The average molecular weight is 367 g/mol. The summed E-state index contributed by atoms with van der Waals surface area (Å²) in [5, 5.41) is 0. The van der Waals surface area contributed by atoms with Gasteiger partial charge in [0.25, 0.3) is 0 Å². The minimum absolute atomic E-state index is 0.723. The van der Waals surface area contributed by atoms with Crippen molar-refractivity contribution in [2.24, 2.45) is 4.99 Å². The summed E-state index contributed by atoms with van der Waals surface area (Å²) in [5.74, 6) is 0.920. The van der Waals surface area contributed by atoms with Gasteiger partial charge in [0.05, 0.1) is 31.0 Å². The molecule has 0 amide bonds. The van der Waals surface area contributed by atoms with Crippen LogP contribution in [0.4, 0.5) is 0 Å². The fourth-order valence-electron chi connectivity index (χ4n) is 3.80. The molecule has 4 nitrogen and oxygen atoms in total. The van der Waals surface area contributed by atoms with Gasteiger partial charge >= 0.3 is 0 Å². The summed E-state index contributed by atoms with van der Waals surface area (Å²) in [6.45, 7) is 0.723. The maximum absolute atomic E-state index is 5.33. The van der Waals surface area contributed by atoms with E-state index in [1.54, 1.807) is 13.4 Å². The van der Waals surface area contributed by atoms with Crippen LogP contribution in [0.1, 0.15) is 16.7 Å². The zero-order chi connectivity index (χ0) is 18.9. The Labute approximate surface area is 163 Å². The molecule has 0 bridgehead atoms. The number of aromatic amines is 1. The number of methoxy groups -OCH3 is 1. The maximum Gasteiger partial charge on any atom is 0.119 e. The monoisotopic (exact) mass is 367 g/mol. The first-order valence-electron chi connectivity index (χ1n) is 9.49. The van der Waals surface area contributed by atoms with Gasteiger partial charge in [-0.3, -0.25) is 4.99 Å². The van der Waals surface area contributed by atoms with Crippen LogP contribution in [-0.2, 0) is 19.4 Å². The van der Waals surface area contributed by atoms with Crippen LogP contribution < -0.4 is 4.74 Å². The molecule has 1 N–H and O–H groups in total. The number of aromatic nitrogens is 2. The molecule has 1 heterocycles. The molecule has 138 valence electrons. The Hall–Kier alpha value is -3.40. The number of benzene rings is 3. The van der Waals surface area contributed by atoms with Crippen molar-refractivity contribution in [1.82, 2.24) is 9.97 Å². The van der Waals surface area contributed by atoms with Crippen LogP contribution >= 0.6 is 0 Å². The van der Waals surface area contributed by atoms with Gasteiger partial charge in [-0.15, -0.1) is 0 Å². The van der Waals surface area contributed by atoms with E-state index in [4.69, 9.17) is 9.73 Å². The van der Waals surface area contributed by atoms with Crippen LogP contribution in [0.3, 0.4) is 0 Å². The molecule has 5 rings (SSSR count). The molecular weight excluding hydrogens is 346 g/mol. The Kier molecular flexibility index (Phi) is 4.17. The number of fused-ring (bicyclic) bond motifs is 2. The molecule has 1 aromatic heterocycles. The van der Waals surface area contributed by atoms with Gasteiger partial charge in [-0.1, -0.05) is 36.4 Å². The number of hydrogen-bond acceptors (Lipinski definition) is 3. The molecule has 28 heavy (non-hydrogen) atoms. The molecular formula is C24H21N3O. The number of aliphatic imine (C=N–C) groups is 1. The van der Waals surface area contributed by atoms with Gasteiger partial charge in [0, 0.05) is 18.6 Å². The van der Waals surface area contributed by atoms with E-state index in [1.807, 2.05) is 12.1 Å². The smallest absolute Gasteiger partial charge is 0.119 e. The second kappa shape index (κ2) is 6.97. The van der Waals surface area contributed by atoms with Crippen LogP contribution in [0.5, 0.6) is 5.75 Å². The van der Waals surface area contributed by atoms with E-state index in [-0.39, 0.29) is 0 Å². The average Bonchev–Trinajstić information content (AvgIpc) is 3.37. The number of rotatable bonds is 4. The molecule has 1 aliphatic rings. The number of ether oxygens (including phenoxy) is 1. The van der Waals surface area contributed by atoms with Crippen LogP contribution in [0.15, 0.2) is 72.0 Å². The molecule has 4 heteroatoms. The van der Waals surface area contributed by atoms with Gasteiger partial charge < -0.3 is 9.72 Å². The third-order valence-electron chi connectivity index (χ3n) is 5.40. The minimum atomic E-state index is 0.723. The first kappa shape index (κ1) is 16.8. The summed E-state index contributed by atoms with van der Waals surface area (Å²) in [6, 6.07) is 21.3. The lowest BCUT2D eigenvalue weighted by Gasteiger charge is -2.04. The molecule has 1 aliphatic carbocycles. The zero-order valence-electron chi connectivity index (χ0n) is 15.8. The van der Waals surface area contributed by atoms with E-state index in [9.17, 15) is 0 Å². The van der Waals surface area contributed by atoms with Crippen molar-refractivity contribution in [3.8, 4) is 16.9 Å². The van der Waals surface area contributed by atoms with Gasteiger partial charge in [0.2, 0.25) is 0 Å². The van der Waals surface area contributed by atoms with Crippen LogP contribution in [0.2, 0.25) is 0 Å². The van der Waals surface area contributed by atoms with Gasteiger partial charge in [0.1, 0.15) is 5.75 Å². The highest BCUT2D eigenvalue weighted by Crippen LogP contribution is 2.26. The lowest BCUT2D eigenvalue weighted by Crippen LogP contribution is -1.97. The molecule has 0 saturated heterocycles. The van der Waals surface area contributed by atoms with Gasteiger partial charge in [-0.2, -0.15) is 0 Å². The van der Waals surface area contributed by atoms with Crippen LogP contribution in [0, 0.1) is 0 Å². The molecule has 0 unspecified atom stereocenters. The molecule has 3 aromatic carbocycles. The predicted molar refractivity (Wildman–Crippen MR) is 113 cm³/mol. The SMILES string of the molecule is COc1ccc2c(c1)CC(=NCc1ccc(-c3ccc4nc[nH]c4c3)cc1)C2. The van der Waals surface area contributed by atoms with Crippen molar-refractivity contribution in [3.05, 3.63) is 83.7 Å². The predicted octanol–water partition coefficient (Wildman–Crippen LogP) is 4.98. The van der Waals surface area contributed by atoms with E-state index >= 15 is 0 Å². The molecule has 0 fully saturated rings. The normalized spacial score (nSPS) is 14.5. The topological polar surface area (TPSA) is 50.3 Å². The fourth-order valence-corrected chi connectivity index (χ4v) is 3.80. The first-order chi connectivity index (χ1) is 13.8. The second-order valence-electron chi connectivity index (χ2n) is 7.20. The standard InChI is InChI=1S/C24H21N3O/c1-28-22-8-6-18-10-21(11-20(18)12-22)25-14-16-2-4-17(5-3-16)19-7-9-23-24(13-19)27-15-26-23/h2-9,12-13,15H,10-11,14H2,1H3,(H,26,27). The molecule has 0 aliphatic heterocycles. The van der Waals surface area contributed by atoms with Crippen LogP contribution in [0.25, 0.3) is 22.2 Å². The van der Waals surface area contributed by atoms with Crippen LogP contribution in [-0.4, -0.2) is 22.8 Å². The van der Waals surface area contributed by atoms with Crippen molar-refractivity contribution in [2.45, 2.75) is 19.4 Å². The molecule has 0 radical (unpaired) electrons. The summed E-state index contributed by atoms with van der Waals surface area (Å²) < 4.78 is 5.33. The van der Waals surface area contributed by atoms with E-state index in [0.29, 0.717) is 0 Å². The highest BCUT2D eigenvalue weighted by atomic mass is 16.5. The molecule has 0 atom stereocenters.